The fourth-order valence-corrected chi connectivity index (χ4v) is 1.43. The molecule has 2 aromatic rings. The second kappa shape index (κ2) is 5.43. The number of amides is 1. The molecule has 0 aliphatic rings. The second-order valence-corrected chi connectivity index (χ2v) is 3.99. The smallest absolute Gasteiger partial charge is 0.258 e. The molecule has 0 aliphatic heterocycles. The third-order valence-corrected chi connectivity index (χ3v) is 2.67. The van der Waals surface area contributed by atoms with Crippen LogP contribution in [0, 0.1) is 13.8 Å². The minimum absolute atomic E-state index is 0.198. The standard InChI is InChI=1S/C13H14N4O2/c1-8-9(2)16-17-13(14-8)15-12(18)10-4-6-11(19-3)7-5-10/h4-7H,1-3H3,(H,14,15,17,18). The Labute approximate surface area is 110 Å². The zero-order chi connectivity index (χ0) is 13.8. The second-order valence-electron chi connectivity index (χ2n) is 3.99. The quantitative estimate of drug-likeness (QED) is 0.907. The van der Waals surface area contributed by atoms with E-state index in [1.807, 2.05) is 13.8 Å². The molecule has 0 aliphatic carbocycles. The molecule has 0 unspecified atom stereocenters. The molecule has 1 amide bonds. The fraction of sp³-hybridized carbons (Fsp3) is 0.231. The van der Waals surface area contributed by atoms with Gasteiger partial charge < -0.3 is 4.74 Å². The molecule has 0 atom stereocenters. The summed E-state index contributed by atoms with van der Waals surface area (Å²) in [6, 6.07) is 6.77. The lowest BCUT2D eigenvalue weighted by Gasteiger charge is -2.05. The number of benzene rings is 1. The molecule has 19 heavy (non-hydrogen) atoms. The van der Waals surface area contributed by atoms with Crippen molar-refractivity contribution >= 4 is 11.9 Å². The van der Waals surface area contributed by atoms with E-state index in [1.165, 1.54) is 0 Å². The van der Waals surface area contributed by atoms with Crippen LogP contribution in [-0.4, -0.2) is 28.2 Å². The lowest BCUT2D eigenvalue weighted by molar-refractivity contribution is 0.102. The number of aromatic nitrogens is 3. The molecule has 0 saturated carbocycles. The van der Waals surface area contributed by atoms with Gasteiger partial charge in [0.25, 0.3) is 5.91 Å². The average molecular weight is 258 g/mol. The molecule has 1 aromatic heterocycles. The van der Waals surface area contributed by atoms with Gasteiger partial charge in [-0.3, -0.25) is 10.1 Å². The maximum atomic E-state index is 12.0. The summed E-state index contributed by atoms with van der Waals surface area (Å²) in [5.74, 6) is 0.609. The van der Waals surface area contributed by atoms with Crippen molar-refractivity contribution in [3.05, 3.63) is 41.2 Å². The Morgan fingerprint density at radius 1 is 1.11 bits per heavy atom. The largest absolute Gasteiger partial charge is 0.497 e. The predicted molar refractivity (Wildman–Crippen MR) is 70.2 cm³/mol. The predicted octanol–water partition coefficient (Wildman–Crippen LogP) is 1.75. The molecule has 1 heterocycles. The van der Waals surface area contributed by atoms with Gasteiger partial charge in [0.1, 0.15) is 5.75 Å². The summed E-state index contributed by atoms with van der Waals surface area (Å²) >= 11 is 0. The van der Waals surface area contributed by atoms with E-state index in [2.05, 4.69) is 20.5 Å². The van der Waals surface area contributed by atoms with Crippen molar-refractivity contribution in [1.82, 2.24) is 15.2 Å². The number of nitrogens with one attached hydrogen (secondary N) is 1. The van der Waals surface area contributed by atoms with Gasteiger partial charge in [-0.05, 0) is 38.1 Å². The van der Waals surface area contributed by atoms with Crippen molar-refractivity contribution in [3.8, 4) is 5.75 Å². The molecular weight excluding hydrogens is 244 g/mol. The Hall–Kier alpha value is -2.50. The zero-order valence-electron chi connectivity index (χ0n) is 11.0. The number of anilines is 1. The van der Waals surface area contributed by atoms with Gasteiger partial charge in [0.15, 0.2) is 0 Å². The normalized spacial score (nSPS) is 10.1. The van der Waals surface area contributed by atoms with Gasteiger partial charge in [0.05, 0.1) is 18.5 Å². The Balaban J connectivity index is 2.13. The summed E-state index contributed by atoms with van der Waals surface area (Å²) in [6.45, 7) is 3.62. The number of carbonyl (C=O) groups excluding carboxylic acids is 1. The van der Waals surface area contributed by atoms with Gasteiger partial charge in [0, 0.05) is 5.56 Å². The first-order chi connectivity index (χ1) is 9.10. The van der Waals surface area contributed by atoms with Crippen LogP contribution in [0.4, 0.5) is 5.95 Å². The van der Waals surface area contributed by atoms with Gasteiger partial charge in [-0.1, -0.05) is 0 Å². The zero-order valence-corrected chi connectivity index (χ0v) is 11.0. The maximum Gasteiger partial charge on any atom is 0.258 e. The van der Waals surface area contributed by atoms with E-state index in [0.717, 1.165) is 11.4 Å². The highest BCUT2D eigenvalue weighted by Crippen LogP contribution is 2.12. The molecule has 0 bridgehead atoms. The minimum atomic E-state index is -0.285. The topological polar surface area (TPSA) is 77.0 Å². The summed E-state index contributed by atoms with van der Waals surface area (Å²) in [7, 11) is 1.57. The number of ether oxygens (including phenoxy) is 1. The highest BCUT2D eigenvalue weighted by molar-refractivity contribution is 6.03. The van der Waals surface area contributed by atoms with Crippen LogP contribution in [0.15, 0.2) is 24.3 Å². The molecule has 0 saturated heterocycles. The fourth-order valence-electron chi connectivity index (χ4n) is 1.43. The number of hydrogen-bond donors (Lipinski definition) is 1. The highest BCUT2D eigenvalue weighted by atomic mass is 16.5. The number of aryl methyl sites for hydroxylation is 2. The molecule has 98 valence electrons. The molecule has 0 fully saturated rings. The van der Waals surface area contributed by atoms with Crippen LogP contribution in [0.25, 0.3) is 0 Å². The summed E-state index contributed by atoms with van der Waals surface area (Å²) in [5.41, 5.74) is 1.98. The first-order valence-corrected chi connectivity index (χ1v) is 5.73. The Bertz CT molecular complexity index is 596. The minimum Gasteiger partial charge on any atom is -0.497 e. The number of rotatable bonds is 3. The Kier molecular flexibility index (Phi) is 3.70. The first-order valence-electron chi connectivity index (χ1n) is 5.73. The molecular formula is C13H14N4O2. The molecule has 2 rings (SSSR count). The number of hydrogen-bond acceptors (Lipinski definition) is 5. The van der Waals surface area contributed by atoms with E-state index in [-0.39, 0.29) is 11.9 Å². The van der Waals surface area contributed by atoms with Crippen molar-refractivity contribution in [2.24, 2.45) is 0 Å². The van der Waals surface area contributed by atoms with Crippen molar-refractivity contribution in [1.29, 1.82) is 0 Å². The van der Waals surface area contributed by atoms with Crippen molar-refractivity contribution in [2.45, 2.75) is 13.8 Å². The molecule has 0 radical (unpaired) electrons. The monoisotopic (exact) mass is 258 g/mol. The number of nitrogens with zero attached hydrogens (tertiary/aromatic N) is 3. The van der Waals surface area contributed by atoms with Crippen molar-refractivity contribution in [3.63, 3.8) is 0 Å². The molecule has 6 nitrogen and oxygen atoms in total. The van der Waals surface area contributed by atoms with E-state index in [9.17, 15) is 4.79 Å². The van der Waals surface area contributed by atoms with Crippen LogP contribution in [-0.2, 0) is 0 Å². The van der Waals surface area contributed by atoms with Crippen molar-refractivity contribution in [2.75, 3.05) is 12.4 Å². The van der Waals surface area contributed by atoms with Gasteiger partial charge in [-0.25, -0.2) is 4.98 Å². The van der Waals surface area contributed by atoms with E-state index in [4.69, 9.17) is 4.74 Å². The van der Waals surface area contributed by atoms with E-state index in [1.54, 1.807) is 31.4 Å². The molecule has 6 heteroatoms. The highest BCUT2D eigenvalue weighted by Gasteiger charge is 2.09. The average Bonchev–Trinajstić information content (AvgIpc) is 2.43. The van der Waals surface area contributed by atoms with Crippen molar-refractivity contribution < 1.29 is 9.53 Å². The van der Waals surface area contributed by atoms with Gasteiger partial charge in [-0.2, -0.15) is 5.10 Å². The SMILES string of the molecule is COc1ccc(C(=O)Nc2nnc(C)c(C)n2)cc1. The van der Waals surface area contributed by atoms with Crippen LogP contribution >= 0.6 is 0 Å². The van der Waals surface area contributed by atoms with Gasteiger partial charge in [-0.15, -0.1) is 5.10 Å². The third kappa shape index (κ3) is 3.04. The molecule has 0 spiro atoms. The first kappa shape index (κ1) is 12.9. The van der Waals surface area contributed by atoms with E-state index in [0.29, 0.717) is 11.3 Å². The van der Waals surface area contributed by atoms with Crippen LogP contribution in [0.2, 0.25) is 0 Å². The third-order valence-electron chi connectivity index (χ3n) is 2.67. The lowest BCUT2D eigenvalue weighted by Crippen LogP contribution is -2.15. The number of carbonyl (C=O) groups is 1. The summed E-state index contributed by atoms with van der Waals surface area (Å²) in [6.07, 6.45) is 0. The molecule has 1 aromatic carbocycles. The van der Waals surface area contributed by atoms with E-state index < -0.39 is 0 Å². The van der Waals surface area contributed by atoms with Crippen LogP contribution in [0.3, 0.4) is 0 Å². The lowest BCUT2D eigenvalue weighted by atomic mass is 10.2. The van der Waals surface area contributed by atoms with E-state index >= 15 is 0 Å². The van der Waals surface area contributed by atoms with Gasteiger partial charge in [0.2, 0.25) is 5.95 Å². The summed E-state index contributed by atoms with van der Waals surface area (Å²) < 4.78 is 5.03. The summed E-state index contributed by atoms with van der Waals surface area (Å²) in [4.78, 5) is 16.1. The van der Waals surface area contributed by atoms with Crippen LogP contribution in [0.5, 0.6) is 5.75 Å². The van der Waals surface area contributed by atoms with Crippen LogP contribution in [0.1, 0.15) is 21.7 Å². The summed E-state index contributed by atoms with van der Waals surface area (Å²) in [5, 5.41) is 10.3. The van der Waals surface area contributed by atoms with Crippen LogP contribution < -0.4 is 10.1 Å². The molecule has 1 N–H and O–H groups in total. The Morgan fingerprint density at radius 2 is 1.79 bits per heavy atom. The number of methoxy groups -OCH3 is 1. The Morgan fingerprint density at radius 3 is 2.37 bits per heavy atom. The maximum absolute atomic E-state index is 12.0. The van der Waals surface area contributed by atoms with Gasteiger partial charge >= 0.3 is 0 Å².